The van der Waals surface area contributed by atoms with Crippen molar-refractivity contribution in [1.82, 2.24) is 10.6 Å². The number of hydrogen-bond acceptors (Lipinski definition) is 4. The van der Waals surface area contributed by atoms with Gasteiger partial charge < -0.3 is 20.5 Å². The minimum atomic E-state index is -0.378. The fourth-order valence-electron chi connectivity index (χ4n) is 3.34. The molecule has 2 atom stereocenters. The summed E-state index contributed by atoms with van der Waals surface area (Å²) in [4.78, 5) is 12.3. The molecule has 1 aromatic rings. The molecule has 1 saturated heterocycles. The summed E-state index contributed by atoms with van der Waals surface area (Å²) in [6.07, 6.45) is 5.85. The lowest BCUT2D eigenvalue weighted by Crippen LogP contribution is -2.34. The van der Waals surface area contributed by atoms with Crippen LogP contribution in [-0.4, -0.2) is 42.9 Å². The number of nitrogens with one attached hydrogen (secondary N) is 2. The highest BCUT2D eigenvalue weighted by molar-refractivity contribution is 5.94. The van der Waals surface area contributed by atoms with Crippen LogP contribution in [0.1, 0.15) is 42.5 Å². The van der Waals surface area contributed by atoms with Crippen molar-refractivity contribution in [1.29, 1.82) is 0 Å². The molecule has 0 aromatic heterocycles. The number of carbonyl (C=O) groups excluding carboxylic acids is 1. The topological polar surface area (TPSA) is 70.6 Å². The smallest absolute Gasteiger partial charge is 0.251 e. The van der Waals surface area contributed by atoms with Crippen LogP contribution in [0.2, 0.25) is 0 Å². The maximum Gasteiger partial charge on any atom is 0.251 e. The van der Waals surface area contributed by atoms with Gasteiger partial charge in [-0.15, -0.1) is 12.4 Å². The van der Waals surface area contributed by atoms with E-state index in [9.17, 15) is 9.90 Å². The number of amides is 1. The minimum Gasteiger partial charge on any atom is -0.490 e. The average molecular weight is 355 g/mol. The summed E-state index contributed by atoms with van der Waals surface area (Å²) < 4.78 is 6.01. The van der Waals surface area contributed by atoms with E-state index < -0.39 is 0 Å². The lowest BCUT2D eigenvalue weighted by molar-refractivity contribution is 0.0925. The molecule has 0 spiro atoms. The Morgan fingerprint density at radius 1 is 1.25 bits per heavy atom. The van der Waals surface area contributed by atoms with Crippen LogP contribution in [0.5, 0.6) is 5.75 Å². The van der Waals surface area contributed by atoms with E-state index in [-0.39, 0.29) is 36.4 Å². The van der Waals surface area contributed by atoms with Crippen LogP contribution in [0.25, 0.3) is 0 Å². The Morgan fingerprint density at radius 3 is 2.75 bits per heavy atom. The van der Waals surface area contributed by atoms with Crippen molar-refractivity contribution < 1.29 is 14.6 Å². The third kappa shape index (κ3) is 5.10. The molecule has 1 aliphatic heterocycles. The van der Waals surface area contributed by atoms with Gasteiger partial charge in [-0.05, 0) is 43.9 Å². The summed E-state index contributed by atoms with van der Waals surface area (Å²) >= 11 is 0. The van der Waals surface area contributed by atoms with Gasteiger partial charge >= 0.3 is 0 Å². The maximum absolute atomic E-state index is 12.3. The second-order valence-electron chi connectivity index (χ2n) is 6.60. The number of aliphatic hydroxyl groups excluding tert-OH is 1. The molecule has 3 rings (SSSR count). The highest BCUT2D eigenvalue weighted by Gasteiger charge is 2.25. The number of halogens is 1. The Balaban J connectivity index is 0.00000208. The molecule has 134 valence electrons. The number of β-amino-alcohol motifs (C(OH)–C–C–N with tert-alkyl or cyclic N) is 1. The monoisotopic (exact) mass is 354 g/mol. The molecule has 5 nitrogen and oxygen atoms in total. The number of ether oxygens (including phenoxy) is 1. The molecule has 0 radical (unpaired) electrons. The predicted molar refractivity (Wildman–Crippen MR) is 95.9 cm³/mol. The Bertz CT molecular complexity index is 535. The first kappa shape index (κ1) is 19.0. The first-order valence-electron chi connectivity index (χ1n) is 8.66. The molecule has 2 unspecified atom stereocenters. The van der Waals surface area contributed by atoms with E-state index in [4.69, 9.17) is 4.74 Å². The highest BCUT2D eigenvalue weighted by atomic mass is 35.5. The Labute approximate surface area is 149 Å². The molecule has 1 saturated carbocycles. The van der Waals surface area contributed by atoms with Gasteiger partial charge in [-0.3, -0.25) is 4.79 Å². The molecule has 1 aliphatic carbocycles. The first-order valence-corrected chi connectivity index (χ1v) is 8.66. The zero-order valence-electron chi connectivity index (χ0n) is 13.9. The highest BCUT2D eigenvalue weighted by Crippen LogP contribution is 2.24. The largest absolute Gasteiger partial charge is 0.490 e. The minimum absolute atomic E-state index is 0. The third-order valence-corrected chi connectivity index (χ3v) is 4.78. The van der Waals surface area contributed by atoms with Crippen molar-refractivity contribution in [3.05, 3.63) is 29.8 Å². The fraction of sp³-hybridized carbons (Fsp3) is 0.611. The van der Waals surface area contributed by atoms with Gasteiger partial charge in [0.15, 0.2) is 0 Å². The van der Waals surface area contributed by atoms with Crippen LogP contribution in [0, 0.1) is 5.92 Å². The first-order chi connectivity index (χ1) is 11.2. The van der Waals surface area contributed by atoms with Crippen molar-refractivity contribution in [2.24, 2.45) is 5.92 Å². The van der Waals surface area contributed by atoms with Crippen LogP contribution in [0.15, 0.2) is 24.3 Å². The summed E-state index contributed by atoms with van der Waals surface area (Å²) in [7, 11) is 0. The zero-order chi connectivity index (χ0) is 16.1. The van der Waals surface area contributed by atoms with Gasteiger partial charge in [-0.25, -0.2) is 0 Å². The Morgan fingerprint density at radius 2 is 2.04 bits per heavy atom. The lowest BCUT2D eigenvalue weighted by Gasteiger charge is -2.23. The van der Waals surface area contributed by atoms with E-state index in [1.54, 1.807) is 6.07 Å². The van der Waals surface area contributed by atoms with E-state index >= 15 is 0 Å². The number of carbonyl (C=O) groups is 1. The lowest BCUT2D eigenvalue weighted by atomic mass is 9.98. The summed E-state index contributed by atoms with van der Waals surface area (Å²) in [6.45, 7) is 1.83. The van der Waals surface area contributed by atoms with Crippen LogP contribution >= 0.6 is 12.4 Å². The van der Waals surface area contributed by atoms with E-state index in [0.717, 1.165) is 25.1 Å². The molecule has 6 heteroatoms. The molecule has 2 aliphatic rings. The molecular weight excluding hydrogens is 328 g/mol. The van der Waals surface area contributed by atoms with Gasteiger partial charge in [0.1, 0.15) is 5.75 Å². The van der Waals surface area contributed by atoms with Crippen LogP contribution < -0.4 is 15.4 Å². The van der Waals surface area contributed by atoms with Crippen molar-refractivity contribution in [2.45, 2.75) is 44.3 Å². The molecule has 2 fully saturated rings. The maximum atomic E-state index is 12.3. The molecule has 1 aromatic carbocycles. The molecular formula is C18H27ClN2O3. The second-order valence-corrected chi connectivity index (χ2v) is 6.60. The average Bonchev–Trinajstić information content (AvgIpc) is 2.99. The Kier molecular flexibility index (Phi) is 7.34. The fourth-order valence-corrected chi connectivity index (χ4v) is 3.34. The Hall–Kier alpha value is -1.30. The third-order valence-electron chi connectivity index (χ3n) is 4.78. The van der Waals surface area contributed by atoms with E-state index in [0.29, 0.717) is 18.7 Å². The van der Waals surface area contributed by atoms with Crippen LogP contribution in [0.4, 0.5) is 0 Å². The standard InChI is InChI=1S/C18H26N2O3.ClH/c21-17-12-19-10-14(17)11-20-18(22)13-5-4-8-16(9-13)23-15-6-2-1-3-7-15;/h4-5,8-9,14-15,17,19,21H,1-3,6-7,10-12H2,(H,20,22);1H. The normalized spacial score (nSPS) is 24.2. The number of rotatable bonds is 5. The van der Waals surface area contributed by atoms with Crippen molar-refractivity contribution in [3.63, 3.8) is 0 Å². The zero-order valence-corrected chi connectivity index (χ0v) is 14.7. The van der Waals surface area contributed by atoms with Gasteiger partial charge in [0.2, 0.25) is 0 Å². The second kappa shape index (κ2) is 9.25. The summed E-state index contributed by atoms with van der Waals surface area (Å²) in [5, 5.41) is 15.8. The SMILES string of the molecule is Cl.O=C(NCC1CNCC1O)c1cccc(OC2CCCCC2)c1. The quantitative estimate of drug-likeness (QED) is 0.757. The molecule has 24 heavy (non-hydrogen) atoms. The van der Waals surface area contributed by atoms with Crippen molar-refractivity contribution in [2.75, 3.05) is 19.6 Å². The van der Waals surface area contributed by atoms with Gasteiger partial charge in [0, 0.05) is 31.1 Å². The van der Waals surface area contributed by atoms with Crippen molar-refractivity contribution >= 4 is 18.3 Å². The van der Waals surface area contributed by atoms with Gasteiger partial charge in [0.25, 0.3) is 5.91 Å². The molecule has 1 heterocycles. The summed E-state index contributed by atoms with van der Waals surface area (Å²) in [6, 6.07) is 7.38. The van der Waals surface area contributed by atoms with Crippen LogP contribution in [-0.2, 0) is 0 Å². The van der Waals surface area contributed by atoms with E-state index in [2.05, 4.69) is 10.6 Å². The molecule has 0 bridgehead atoms. The number of hydrogen-bond donors (Lipinski definition) is 3. The van der Waals surface area contributed by atoms with E-state index in [1.807, 2.05) is 18.2 Å². The molecule has 3 N–H and O–H groups in total. The van der Waals surface area contributed by atoms with Crippen molar-refractivity contribution in [3.8, 4) is 5.75 Å². The summed E-state index contributed by atoms with van der Waals surface area (Å²) in [5.41, 5.74) is 0.610. The van der Waals surface area contributed by atoms with Crippen LogP contribution in [0.3, 0.4) is 0 Å². The van der Waals surface area contributed by atoms with Gasteiger partial charge in [-0.2, -0.15) is 0 Å². The number of benzene rings is 1. The van der Waals surface area contributed by atoms with Gasteiger partial charge in [0.05, 0.1) is 12.2 Å². The van der Waals surface area contributed by atoms with E-state index in [1.165, 1.54) is 19.3 Å². The summed E-state index contributed by atoms with van der Waals surface area (Å²) in [5.74, 6) is 0.742. The number of aliphatic hydroxyl groups is 1. The van der Waals surface area contributed by atoms with Gasteiger partial charge in [-0.1, -0.05) is 12.5 Å². The molecule has 1 amide bonds. The predicted octanol–water partition coefficient (Wildman–Crippen LogP) is 2.13.